The van der Waals surface area contributed by atoms with Crippen LogP contribution in [-0.2, 0) is 11.3 Å². The monoisotopic (exact) mass is 345 g/mol. The van der Waals surface area contributed by atoms with E-state index in [1.807, 2.05) is 26.0 Å². The lowest BCUT2D eigenvalue weighted by Crippen LogP contribution is -2.49. The molecule has 24 heavy (non-hydrogen) atoms. The second kappa shape index (κ2) is 8.45. The van der Waals surface area contributed by atoms with E-state index in [0.29, 0.717) is 17.1 Å². The molecule has 0 unspecified atom stereocenters. The lowest BCUT2D eigenvalue weighted by Gasteiger charge is -2.21. The van der Waals surface area contributed by atoms with Crippen LogP contribution in [0.15, 0.2) is 48.8 Å². The average molecular weight is 346 g/mol. The zero-order chi connectivity index (χ0) is 17.5. The van der Waals surface area contributed by atoms with Gasteiger partial charge < -0.3 is 10.6 Å². The molecule has 0 aliphatic rings. The number of hydrogen-bond donors (Lipinski definition) is 2. The molecule has 2 rings (SSSR count). The van der Waals surface area contributed by atoms with Crippen LogP contribution in [0.2, 0.25) is 5.02 Å². The number of halogens is 1. The summed E-state index contributed by atoms with van der Waals surface area (Å²) in [6.45, 7) is 4.13. The third-order valence-corrected chi connectivity index (χ3v) is 3.75. The van der Waals surface area contributed by atoms with Gasteiger partial charge in [0.05, 0.1) is 0 Å². The first-order valence-corrected chi connectivity index (χ1v) is 8.08. The number of benzene rings is 1. The third-order valence-electron chi connectivity index (χ3n) is 3.51. The Labute approximate surface area is 146 Å². The zero-order valence-electron chi connectivity index (χ0n) is 13.6. The lowest BCUT2D eigenvalue weighted by molar-refractivity contribution is -0.124. The maximum Gasteiger partial charge on any atom is 0.251 e. The van der Waals surface area contributed by atoms with Gasteiger partial charge in [0.1, 0.15) is 6.04 Å². The Bertz CT molecular complexity index is 704. The number of pyridine rings is 1. The van der Waals surface area contributed by atoms with E-state index in [1.54, 1.807) is 36.7 Å². The van der Waals surface area contributed by atoms with Gasteiger partial charge in [-0.25, -0.2) is 0 Å². The number of nitrogens with zero attached hydrogens (tertiary/aromatic N) is 1. The number of carbonyl (C=O) groups excluding carboxylic acids is 2. The summed E-state index contributed by atoms with van der Waals surface area (Å²) in [5.41, 5.74) is 1.32. The van der Waals surface area contributed by atoms with Crippen molar-refractivity contribution in [1.82, 2.24) is 15.6 Å². The molecule has 0 fully saturated rings. The molecule has 0 saturated carbocycles. The van der Waals surface area contributed by atoms with Crippen LogP contribution < -0.4 is 10.6 Å². The van der Waals surface area contributed by atoms with E-state index in [4.69, 9.17) is 11.6 Å². The van der Waals surface area contributed by atoms with Crippen molar-refractivity contribution in [1.29, 1.82) is 0 Å². The van der Waals surface area contributed by atoms with Crippen molar-refractivity contribution in [3.05, 3.63) is 64.9 Å². The molecule has 2 N–H and O–H groups in total. The van der Waals surface area contributed by atoms with E-state index in [-0.39, 0.29) is 17.7 Å². The number of rotatable bonds is 6. The Hall–Kier alpha value is -2.40. The molecule has 0 saturated heterocycles. The van der Waals surface area contributed by atoms with Gasteiger partial charge in [0, 0.05) is 29.5 Å². The number of carbonyl (C=O) groups is 2. The normalized spacial score (nSPS) is 11.8. The highest BCUT2D eigenvalue weighted by Crippen LogP contribution is 2.12. The minimum atomic E-state index is -0.631. The van der Waals surface area contributed by atoms with Crippen LogP contribution in [0.5, 0.6) is 0 Å². The smallest absolute Gasteiger partial charge is 0.251 e. The van der Waals surface area contributed by atoms with Crippen LogP contribution in [-0.4, -0.2) is 22.8 Å². The standard InChI is InChI=1S/C18H20ClN3O2/c1-12(2)16(18(24)21-11-13-5-4-8-20-10-13)22-17(23)14-6-3-7-15(19)9-14/h3-10,12,16H,11H2,1-2H3,(H,21,24)(H,22,23)/t16-/m1/s1. The molecule has 5 nitrogen and oxygen atoms in total. The Morgan fingerprint density at radius 3 is 2.62 bits per heavy atom. The molecule has 126 valence electrons. The van der Waals surface area contributed by atoms with Crippen LogP contribution in [0, 0.1) is 5.92 Å². The highest BCUT2D eigenvalue weighted by Gasteiger charge is 2.24. The van der Waals surface area contributed by atoms with Gasteiger partial charge >= 0.3 is 0 Å². The summed E-state index contributed by atoms with van der Waals surface area (Å²) in [7, 11) is 0. The third kappa shape index (κ3) is 5.06. The van der Waals surface area contributed by atoms with Gasteiger partial charge in [-0.1, -0.05) is 37.6 Å². The summed E-state index contributed by atoms with van der Waals surface area (Å²) in [6, 6.07) is 9.68. The molecule has 0 aliphatic carbocycles. The van der Waals surface area contributed by atoms with Crippen LogP contribution in [0.25, 0.3) is 0 Å². The topological polar surface area (TPSA) is 71.1 Å². The van der Waals surface area contributed by atoms with Gasteiger partial charge in [0.25, 0.3) is 5.91 Å². The van der Waals surface area contributed by atoms with Crippen LogP contribution in [0.1, 0.15) is 29.8 Å². The van der Waals surface area contributed by atoms with Crippen molar-refractivity contribution in [3.63, 3.8) is 0 Å². The van der Waals surface area contributed by atoms with Gasteiger partial charge in [-0.15, -0.1) is 0 Å². The molecule has 1 heterocycles. The van der Waals surface area contributed by atoms with Crippen molar-refractivity contribution in [2.45, 2.75) is 26.4 Å². The zero-order valence-corrected chi connectivity index (χ0v) is 14.4. The van der Waals surface area contributed by atoms with Gasteiger partial charge in [-0.3, -0.25) is 14.6 Å². The van der Waals surface area contributed by atoms with E-state index in [1.165, 1.54) is 0 Å². The highest BCUT2D eigenvalue weighted by molar-refractivity contribution is 6.31. The molecule has 2 aromatic rings. The lowest BCUT2D eigenvalue weighted by atomic mass is 10.0. The molecular formula is C18H20ClN3O2. The molecule has 1 atom stereocenters. The fraction of sp³-hybridized carbons (Fsp3) is 0.278. The van der Waals surface area contributed by atoms with E-state index < -0.39 is 6.04 Å². The number of aromatic nitrogens is 1. The maximum absolute atomic E-state index is 12.4. The van der Waals surface area contributed by atoms with Gasteiger partial charge in [0.15, 0.2) is 0 Å². The van der Waals surface area contributed by atoms with Crippen molar-refractivity contribution in [3.8, 4) is 0 Å². The van der Waals surface area contributed by atoms with Crippen LogP contribution in [0.4, 0.5) is 0 Å². The first-order chi connectivity index (χ1) is 11.5. The molecule has 1 aromatic carbocycles. The molecular weight excluding hydrogens is 326 g/mol. The van der Waals surface area contributed by atoms with E-state index in [2.05, 4.69) is 15.6 Å². The Morgan fingerprint density at radius 2 is 2.00 bits per heavy atom. The van der Waals surface area contributed by atoms with Gasteiger partial charge in [-0.05, 0) is 35.7 Å². The molecule has 0 radical (unpaired) electrons. The number of nitrogens with one attached hydrogen (secondary N) is 2. The summed E-state index contributed by atoms with van der Waals surface area (Å²) >= 11 is 5.90. The van der Waals surface area contributed by atoms with Crippen molar-refractivity contribution in [2.24, 2.45) is 5.92 Å². The predicted molar refractivity (Wildman–Crippen MR) is 93.6 cm³/mol. The van der Waals surface area contributed by atoms with Crippen molar-refractivity contribution >= 4 is 23.4 Å². The van der Waals surface area contributed by atoms with E-state index >= 15 is 0 Å². The maximum atomic E-state index is 12.4. The minimum absolute atomic E-state index is 0.0537. The Morgan fingerprint density at radius 1 is 1.21 bits per heavy atom. The predicted octanol–water partition coefficient (Wildman–Crippen LogP) is 2.81. The second-order valence-electron chi connectivity index (χ2n) is 5.78. The number of amides is 2. The Balaban J connectivity index is 2.00. The highest BCUT2D eigenvalue weighted by atomic mass is 35.5. The average Bonchev–Trinajstić information content (AvgIpc) is 2.58. The largest absolute Gasteiger partial charge is 0.350 e. The second-order valence-corrected chi connectivity index (χ2v) is 6.22. The first kappa shape index (κ1) is 17.9. The SMILES string of the molecule is CC(C)[C@@H](NC(=O)c1cccc(Cl)c1)C(=O)NCc1cccnc1. The fourth-order valence-corrected chi connectivity index (χ4v) is 2.38. The quantitative estimate of drug-likeness (QED) is 0.845. The van der Waals surface area contributed by atoms with Gasteiger partial charge in [-0.2, -0.15) is 0 Å². The summed E-state index contributed by atoms with van der Waals surface area (Å²) in [5.74, 6) is -0.612. The minimum Gasteiger partial charge on any atom is -0.350 e. The molecule has 0 spiro atoms. The molecule has 1 aromatic heterocycles. The summed E-state index contributed by atoms with van der Waals surface area (Å²) in [6.07, 6.45) is 3.36. The molecule has 2 amide bonds. The van der Waals surface area contributed by atoms with E-state index in [9.17, 15) is 9.59 Å². The van der Waals surface area contributed by atoms with Gasteiger partial charge in [0.2, 0.25) is 5.91 Å². The number of hydrogen-bond acceptors (Lipinski definition) is 3. The first-order valence-electron chi connectivity index (χ1n) is 7.70. The fourth-order valence-electron chi connectivity index (χ4n) is 2.19. The summed E-state index contributed by atoms with van der Waals surface area (Å²) < 4.78 is 0. The van der Waals surface area contributed by atoms with Crippen molar-refractivity contribution < 1.29 is 9.59 Å². The molecule has 0 bridgehead atoms. The van der Waals surface area contributed by atoms with Crippen LogP contribution in [0.3, 0.4) is 0 Å². The molecule has 0 aliphatic heterocycles. The van der Waals surface area contributed by atoms with Crippen molar-refractivity contribution in [2.75, 3.05) is 0 Å². The Kier molecular flexibility index (Phi) is 6.32. The molecule has 6 heteroatoms. The van der Waals surface area contributed by atoms with Crippen LogP contribution >= 0.6 is 11.6 Å². The summed E-state index contributed by atoms with van der Waals surface area (Å²) in [4.78, 5) is 28.8. The van der Waals surface area contributed by atoms with E-state index in [0.717, 1.165) is 5.56 Å². The summed E-state index contributed by atoms with van der Waals surface area (Å²) in [5, 5.41) is 6.08.